The molecule has 0 radical (unpaired) electrons. The Hall–Kier alpha value is -1.45. The van der Waals surface area contributed by atoms with Gasteiger partial charge in [-0.3, -0.25) is 0 Å². The topological polar surface area (TPSA) is 37.8 Å². The zero-order chi connectivity index (χ0) is 14.5. The molecule has 0 fully saturated rings. The molecule has 2 rings (SSSR count). The number of nitrogens with one attached hydrogen (secondary N) is 1. The molecule has 0 saturated heterocycles. The molecule has 1 unspecified atom stereocenters. The minimum atomic E-state index is 0.0507. The fraction of sp³-hybridized carbons (Fsp3) is 0.375. The van der Waals surface area contributed by atoms with E-state index >= 15 is 0 Å². The molecule has 1 heterocycles. The van der Waals surface area contributed by atoms with Gasteiger partial charge >= 0.3 is 0 Å². The number of nitrogens with zero attached hydrogens (tertiary/aromatic N) is 2. The van der Waals surface area contributed by atoms with Crippen molar-refractivity contribution < 1.29 is 0 Å². The molecule has 3 nitrogen and oxygen atoms in total. The van der Waals surface area contributed by atoms with E-state index in [-0.39, 0.29) is 6.04 Å². The lowest BCUT2D eigenvalue weighted by Gasteiger charge is -2.19. The van der Waals surface area contributed by atoms with Crippen molar-refractivity contribution in [3.05, 3.63) is 58.1 Å². The zero-order valence-electron chi connectivity index (χ0n) is 12.2. The van der Waals surface area contributed by atoms with Crippen molar-refractivity contribution in [2.24, 2.45) is 0 Å². The average molecular weight is 290 g/mol. The van der Waals surface area contributed by atoms with Crippen molar-refractivity contribution in [1.29, 1.82) is 0 Å². The van der Waals surface area contributed by atoms with E-state index in [0.29, 0.717) is 0 Å². The summed E-state index contributed by atoms with van der Waals surface area (Å²) in [4.78, 5) is 8.70. The smallest absolute Gasteiger partial charge is 0.125 e. The Morgan fingerprint density at radius 3 is 2.70 bits per heavy atom. The van der Waals surface area contributed by atoms with Crippen LogP contribution in [0.1, 0.15) is 42.0 Å². The van der Waals surface area contributed by atoms with Gasteiger partial charge in [-0.25, -0.2) is 9.97 Å². The predicted molar refractivity (Wildman–Crippen MR) is 83.1 cm³/mol. The number of rotatable bonds is 5. The Kier molecular flexibility index (Phi) is 5.10. The molecule has 0 aliphatic heterocycles. The van der Waals surface area contributed by atoms with E-state index < -0.39 is 0 Å². The average Bonchev–Trinajstić information content (AvgIpc) is 2.43. The van der Waals surface area contributed by atoms with Crippen molar-refractivity contribution in [1.82, 2.24) is 15.3 Å². The highest BCUT2D eigenvalue weighted by Gasteiger charge is 2.15. The second-order valence-corrected chi connectivity index (χ2v) is 5.33. The molecular weight excluding hydrogens is 270 g/mol. The second-order valence-electron chi connectivity index (χ2n) is 4.92. The van der Waals surface area contributed by atoms with Gasteiger partial charge in [0.15, 0.2) is 0 Å². The van der Waals surface area contributed by atoms with E-state index in [2.05, 4.69) is 28.3 Å². The summed E-state index contributed by atoms with van der Waals surface area (Å²) in [5.74, 6) is 0.781. The maximum absolute atomic E-state index is 6.25. The molecule has 0 spiro atoms. The van der Waals surface area contributed by atoms with Crippen molar-refractivity contribution in [3.8, 4) is 0 Å². The summed E-state index contributed by atoms with van der Waals surface area (Å²) in [6, 6.07) is 8.17. The van der Waals surface area contributed by atoms with Gasteiger partial charge in [-0.05, 0) is 50.1 Å². The van der Waals surface area contributed by atoms with Gasteiger partial charge in [-0.15, -0.1) is 0 Å². The SMILES string of the molecule is CCCNC(c1ccc(C)c(Cl)c1)c1ccnc(C)n1. The third-order valence-corrected chi connectivity index (χ3v) is 3.63. The van der Waals surface area contributed by atoms with E-state index in [1.165, 1.54) is 0 Å². The highest BCUT2D eigenvalue weighted by atomic mass is 35.5. The van der Waals surface area contributed by atoms with Crippen LogP contribution in [-0.4, -0.2) is 16.5 Å². The minimum Gasteiger partial charge on any atom is -0.305 e. The maximum Gasteiger partial charge on any atom is 0.125 e. The molecule has 4 heteroatoms. The van der Waals surface area contributed by atoms with Crippen LogP contribution in [0.25, 0.3) is 0 Å². The Labute approximate surface area is 125 Å². The van der Waals surface area contributed by atoms with Crippen LogP contribution in [0.4, 0.5) is 0 Å². The number of halogens is 1. The molecule has 1 aromatic heterocycles. The highest BCUT2D eigenvalue weighted by Crippen LogP contribution is 2.25. The minimum absolute atomic E-state index is 0.0507. The van der Waals surface area contributed by atoms with E-state index in [9.17, 15) is 0 Å². The molecule has 106 valence electrons. The van der Waals surface area contributed by atoms with Gasteiger partial charge in [-0.2, -0.15) is 0 Å². The summed E-state index contributed by atoms with van der Waals surface area (Å²) < 4.78 is 0. The summed E-state index contributed by atoms with van der Waals surface area (Å²) in [7, 11) is 0. The lowest BCUT2D eigenvalue weighted by molar-refractivity contribution is 0.583. The molecule has 2 aromatic rings. The normalized spacial score (nSPS) is 12.4. The van der Waals surface area contributed by atoms with Crippen molar-refractivity contribution in [3.63, 3.8) is 0 Å². The monoisotopic (exact) mass is 289 g/mol. The fourth-order valence-corrected chi connectivity index (χ4v) is 2.29. The first-order valence-electron chi connectivity index (χ1n) is 6.90. The Balaban J connectivity index is 2.38. The van der Waals surface area contributed by atoms with Gasteiger partial charge in [0, 0.05) is 11.2 Å². The Morgan fingerprint density at radius 1 is 1.25 bits per heavy atom. The molecule has 1 aromatic carbocycles. The van der Waals surface area contributed by atoms with Crippen LogP contribution in [0.15, 0.2) is 30.5 Å². The van der Waals surface area contributed by atoms with E-state index in [4.69, 9.17) is 11.6 Å². The maximum atomic E-state index is 6.25. The lowest BCUT2D eigenvalue weighted by atomic mass is 10.0. The van der Waals surface area contributed by atoms with Crippen LogP contribution in [0.5, 0.6) is 0 Å². The van der Waals surface area contributed by atoms with Crippen LogP contribution in [-0.2, 0) is 0 Å². The molecule has 20 heavy (non-hydrogen) atoms. The van der Waals surface area contributed by atoms with Gasteiger partial charge in [0.25, 0.3) is 0 Å². The predicted octanol–water partition coefficient (Wildman–Crippen LogP) is 3.84. The third-order valence-electron chi connectivity index (χ3n) is 3.22. The number of aromatic nitrogens is 2. The summed E-state index contributed by atoms with van der Waals surface area (Å²) in [6.07, 6.45) is 2.87. The molecule has 0 aliphatic rings. The van der Waals surface area contributed by atoms with E-state index in [1.807, 2.05) is 32.0 Å². The molecule has 0 bridgehead atoms. The van der Waals surface area contributed by atoms with Gasteiger partial charge < -0.3 is 5.32 Å². The number of benzene rings is 1. The summed E-state index contributed by atoms with van der Waals surface area (Å²) in [5.41, 5.74) is 3.20. The zero-order valence-corrected chi connectivity index (χ0v) is 12.9. The quantitative estimate of drug-likeness (QED) is 0.909. The second kappa shape index (κ2) is 6.82. The molecule has 0 amide bonds. The van der Waals surface area contributed by atoms with Gasteiger partial charge in [-0.1, -0.05) is 30.7 Å². The first-order chi connectivity index (χ1) is 9.61. The number of hydrogen-bond acceptors (Lipinski definition) is 3. The molecular formula is C16H20ClN3. The fourth-order valence-electron chi connectivity index (χ4n) is 2.11. The van der Waals surface area contributed by atoms with Crippen LogP contribution in [0.3, 0.4) is 0 Å². The third kappa shape index (κ3) is 3.56. The number of hydrogen-bond donors (Lipinski definition) is 1. The van der Waals surface area contributed by atoms with Crippen LogP contribution in [0.2, 0.25) is 5.02 Å². The highest BCUT2D eigenvalue weighted by molar-refractivity contribution is 6.31. The molecule has 0 saturated carbocycles. The molecule has 1 atom stereocenters. The first kappa shape index (κ1) is 14.9. The van der Waals surface area contributed by atoms with E-state index in [1.54, 1.807) is 6.20 Å². The van der Waals surface area contributed by atoms with Crippen molar-refractivity contribution in [2.45, 2.75) is 33.2 Å². The largest absolute Gasteiger partial charge is 0.305 e. The summed E-state index contributed by atoms with van der Waals surface area (Å²) in [6.45, 7) is 6.99. The standard InChI is InChI=1S/C16H20ClN3/c1-4-8-19-16(15-7-9-18-12(3)20-15)13-6-5-11(2)14(17)10-13/h5-7,9-10,16,19H,4,8H2,1-3H3. The Bertz CT molecular complexity index is 584. The van der Waals surface area contributed by atoms with Gasteiger partial charge in [0.2, 0.25) is 0 Å². The summed E-state index contributed by atoms with van der Waals surface area (Å²) >= 11 is 6.25. The van der Waals surface area contributed by atoms with Gasteiger partial charge in [0.1, 0.15) is 5.82 Å². The molecule has 1 N–H and O–H groups in total. The van der Waals surface area contributed by atoms with E-state index in [0.717, 1.165) is 40.6 Å². The summed E-state index contributed by atoms with van der Waals surface area (Å²) in [5, 5.41) is 4.32. The number of aryl methyl sites for hydroxylation is 2. The van der Waals surface area contributed by atoms with Crippen LogP contribution < -0.4 is 5.32 Å². The Morgan fingerprint density at radius 2 is 2.05 bits per heavy atom. The van der Waals surface area contributed by atoms with Crippen molar-refractivity contribution in [2.75, 3.05) is 6.54 Å². The van der Waals surface area contributed by atoms with Crippen LogP contribution in [0, 0.1) is 13.8 Å². The van der Waals surface area contributed by atoms with Crippen LogP contribution >= 0.6 is 11.6 Å². The van der Waals surface area contributed by atoms with Crippen molar-refractivity contribution >= 4 is 11.6 Å². The molecule has 0 aliphatic carbocycles. The van der Waals surface area contributed by atoms with Gasteiger partial charge in [0.05, 0.1) is 11.7 Å². The lowest BCUT2D eigenvalue weighted by Crippen LogP contribution is -2.24. The first-order valence-corrected chi connectivity index (χ1v) is 7.28.